The standard InChI is InChI=1S/C37H38N2O2/c1-25-18-26(2)20-31(19-25)37(41)39(4)35(23-28-14-16-30(17-15-28)29-10-6-5-7-11-29)36(40)22-27(3)21-32-24-38-34-13-9-8-12-33(32)34/h5-20,24,27,35,38H,21-23H2,1-4H3. The van der Waals surface area contributed by atoms with Gasteiger partial charge in [0.1, 0.15) is 0 Å². The van der Waals surface area contributed by atoms with Crippen LogP contribution in [-0.2, 0) is 17.6 Å². The molecule has 0 spiro atoms. The molecule has 0 bridgehead atoms. The second kappa shape index (κ2) is 12.4. The lowest BCUT2D eigenvalue weighted by Crippen LogP contribution is -2.44. The number of likely N-dealkylation sites (N-methyl/N-ethyl adjacent to an activating group) is 1. The number of carbonyl (C=O) groups excluding carboxylic acids is 2. The third-order valence-electron chi connectivity index (χ3n) is 7.91. The number of hydrogen-bond donors (Lipinski definition) is 1. The predicted octanol–water partition coefficient (Wildman–Crippen LogP) is 7.97. The molecule has 4 aromatic carbocycles. The van der Waals surface area contributed by atoms with Gasteiger partial charge in [-0.15, -0.1) is 0 Å². The van der Waals surface area contributed by atoms with E-state index in [1.807, 2.05) is 62.5 Å². The summed E-state index contributed by atoms with van der Waals surface area (Å²) in [4.78, 5) is 32.6. The number of aromatic nitrogens is 1. The summed E-state index contributed by atoms with van der Waals surface area (Å²) in [6, 6.07) is 32.2. The van der Waals surface area contributed by atoms with Crippen LogP contribution in [0.3, 0.4) is 0 Å². The number of hydrogen-bond acceptors (Lipinski definition) is 2. The molecule has 0 radical (unpaired) electrons. The van der Waals surface area contributed by atoms with E-state index in [0.717, 1.165) is 39.8 Å². The second-order valence-electron chi connectivity index (χ2n) is 11.4. The summed E-state index contributed by atoms with van der Waals surface area (Å²) in [5, 5.41) is 1.20. The summed E-state index contributed by atoms with van der Waals surface area (Å²) < 4.78 is 0. The van der Waals surface area contributed by atoms with Gasteiger partial charge >= 0.3 is 0 Å². The summed E-state index contributed by atoms with van der Waals surface area (Å²) in [7, 11) is 1.77. The van der Waals surface area contributed by atoms with Crippen molar-refractivity contribution in [1.29, 1.82) is 0 Å². The Morgan fingerprint density at radius 2 is 1.41 bits per heavy atom. The van der Waals surface area contributed by atoms with Gasteiger partial charge < -0.3 is 9.88 Å². The van der Waals surface area contributed by atoms with Crippen LogP contribution >= 0.6 is 0 Å². The molecule has 2 atom stereocenters. The highest BCUT2D eigenvalue weighted by atomic mass is 16.2. The van der Waals surface area contributed by atoms with Crippen LogP contribution in [0, 0.1) is 19.8 Å². The molecule has 4 nitrogen and oxygen atoms in total. The van der Waals surface area contributed by atoms with E-state index in [9.17, 15) is 9.59 Å². The molecule has 0 aliphatic heterocycles. The Bertz CT molecular complexity index is 1630. The third-order valence-corrected chi connectivity index (χ3v) is 7.91. The summed E-state index contributed by atoms with van der Waals surface area (Å²) >= 11 is 0. The van der Waals surface area contributed by atoms with Gasteiger partial charge in [0.2, 0.25) is 0 Å². The Hall–Kier alpha value is -4.44. The van der Waals surface area contributed by atoms with Crippen LogP contribution in [0.1, 0.15) is 46.0 Å². The number of aryl methyl sites for hydroxylation is 2. The molecule has 5 rings (SSSR count). The minimum Gasteiger partial charge on any atom is -0.361 e. The number of ketones is 1. The Morgan fingerprint density at radius 1 is 0.780 bits per heavy atom. The Kier molecular flexibility index (Phi) is 8.49. The van der Waals surface area contributed by atoms with Gasteiger partial charge in [-0.3, -0.25) is 9.59 Å². The maximum atomic E-state index is 13.9. The van der Waals surface area contributed by atoms with Crippen LogP contribution in [0.5, 0.6) is 0 Å². The molecule has 1 heterocycles. The molecule has 4 heteroatoms. The number of nitrogens with one attached hydrogen (secondary N) is 1. The fourth-order valence-corrected chi connectivity index (χ4v) is 5.82. The zero-order valence-corrected chi connectivity index (χ0v) is 24.4. The molecule has 0 fully saturated rings. The minimum atomic E-state index is -0.559. The fourth-order valence-electron chi connectivity index (χ4n) is 5.82. The summed E-state index contributed by atoms with van der Waals surface area (Å²) in [5.41, 5.74) is 8.33. The molecule has 0 aliphatic carbocycles. The van der Waals surface area contributed by atoms with E-state index >= 15 is 0 Å². The van der Waals surface area contributed by atoms with Crippen LogP contribution in [0.4, 0.5) is 0 Å². The summed E-state index contributed by atoms with van der Waals surface area (Å²) in [5.74, 6) is 0.0967. The zero-order chi connectivity index (χ0) is 28.9. The van der Waals surface area contributed by atoms with E-state index in [1.54, 1.807) is 11.9 Å². The van der Waals surface area contributed by atoms with Crippen LogP contribution in [0.15, 0.2) is 103 Å². The number of benzene rings is 4. The number of rotatable bonds is 10. The van der Waals surface area contributed by atoms with Gasteiger partial charge in [0, 0.05) is 36.1 Å². The highest BCUT2D eigenvalue weighted by molar-refractivity contribution is 5.98. The number of para-hydroxylation sites is 1. The van der Waals surface area contributed by atoms with Crippen molar-refractivity contribution in [2.75, 3.05) is 7.05 Å². The van der Waals surface area contributed by atoms with Crippen molar-refractivity contribution in [3.05, 3.63) is 131 Å². The normalized spacial score (nSPS) is 12.7. The maximum absolute atomic E-state index is 13.9. The first kappa shape index (κ1) is 28.1. The Morgan fingerprint density at radius 3 is 2.12 bits per heavy atom. The van der Waals surface area contributed by atoms with E-state index in [1.165, 1.54) is 10.9 Å². The van der Waals surface area contributed by atoms with Gasteiger partial charge in [-0.25, -0.2) is 0 Å². The van der Waals surface area contributed by atoms with Gasteiger partial charge in [-0.05, 0) is 73.1 Å². The van der Waals surface area contributed by atoms with Crippen LogP contribution in [-0.4, -0.2) is 34.7 Å². The Labute approximate surface area is 243 Å². The molecule has 0 aliphatic rings. The minimum absolute atomic E-state index is 0.0877. The van der Waals surface area contributed by atoms with Crippen LogP contribution in [0.2, 0.25) is 0 Å². The van der Waals surface area contributed by atoms with Crippen LogP contribution in [0.25, 0.3) is 22.0 Å². The number of Topliss-reactive ketones (excluding diaryl/α,β-unsaturated/α-hetero) is 1. The fraction of sp³-hybridized carbons (Fsp3) is 0.243. The van der Waals surface area contributed by atoms with Crippen molar-refractivity contribution in [3.63, 3.8) is 0 Å². The van der Waals surface area contributed by atoms with Gasteiger partial charge in [-0.2, -0.15) is 0 Å². The molecule has 208 valence electrons. The monoisotopic (exact) mass is 542 g/mol. The number of amides is 1. The van der Waals surface area contributed by atoms with E-state index in [-0.39, 0.29) is 17.6 Å². The molecule has 0 saturated carbocycles. The molecule has 41 heavy (non-hydrogen) atoms. The highest BCUT2D eigenvalue weighted by Gasteiger charge is 2.29. The predicted molar refractivity (Wildman–Crippen MR) is 168 cm³/mol. The molecule has 1 N–H and O–H groups in total. The SMILES string of the molecule is Cc1cc(C)cc(C(=O)N(C)C(Cc2ccc(-c3ccccc3)cc2)C(=O)CC(C)Cc2c[nH]c3ccccc23)c1. The van der Waals surface area contributed by atoms with Crippen LogP contribution < -0.4 is 0 Å². The number of fused-ring (bicyclic) bond motifs is 1. The molecule has 0 saturated heterocycles. The Balaban J connectivity index is 1.37. The topological polar surface area (TPSA) is 53.2 Å². The first-order valence-electron chi connectivity index (χ1n) is 14.4. The third kappa shape index (κ3) is 6.66. The molecule has 1 amide bonds. The average Bonchev–Trinajstić information content (AvgIpc) is 3.37. The first-order valence-corrected chi connectivity index (χ1v) is 14.4. The van der Waals surface area contributed by atoms with Crippen molar-refractivity contribution in [2.45, 2.75) is 46.1 Å². The van der Waals surface area contributed by atoms with Crippen molar-refractivity contribution in [3.8, 4) is 11.1 Å². The number of aromatic amines is 1. The number of H-pyrrole nitrogens is 1. The lowest BCUT2D eigenvalue weighted by molar-refractivity contribution is -0.124. The van der Waals surface area contributed by atoms with E-state index in [4.69, 9.17) is 0 Å². The lowest BCUT2D eigenvalue weighted by Gasteiger charge is -2.29. The summed E-state index contributed by atoms with van der Waals surface area (Å²) in [6.07, 6.45) is 3.72. The average molecular weight is 543 g/mol. The maximum Gasteiger partial charge on any atom is 0.254 e. The molecule has 2 unspecified atom stereocenters. The zero-order valence-electron chi connectivity index (χ0n) is 24.4. The van der Waals surface area contributed by atoms with Crippen molar-refractivity contribution in [2.24, 2.45) is 5.92 Å². The highest BCUT2D eigenvalue weighted by Crippen LogP contribution is 2.25. The van der Waals surface area contributed by atoms with Crippen molar-refractivity contribution >= 4 is 22.6 Å². The van der Waals surface area contributed by atoms with Gasteiger partial charge in [-0.1, -0.05) is 96.9 Å². The number of nitrogens with zero attached hydrogens (tertiary/aromatic N) is 1. The second-order valence-corrected chi connectivity index (χ2v) is 11.4. The summed E-state index contributed by atoms with van der Waals surface area (Å²) in [6.45, 7) is 6.11. The molecular formula is C37H38N2O2. The van der Waals surface area contributed by atoms with Gasteiger partial charge in [0.05, 0.1) is 6.04 Å². The quantitative estimate of drug-likeness (QED) is 0.195. The molecule has 1 aromatic heterocycles. The van der Waals surface area contributed by atoms with Crippen molar-refractivity contribution in [1.82, 2.24) is 9.88 Å². The molecule has 5 aromatic rings. The number of carbonyl (C=O) groups is 2. The van der Waals surface area contributed by atoms with Crippen molar-refractivity contribution < 1.29 is 9.59 Å². The molecular weight excluding hydrogens is 504 g/mol. The van der Waals surface area contributed by atoms with E-state index < -0.39 is 6.04 Å². The van der Waals surface area contributed by atoms with E-state index in [0.29, 0.717) is 18.4 Å². The lowest BCUT2D eigenvalue weighted by atomic mass is 9.90. The van der Waals surface area contributed by atoms with Gasteiger partial charge in [0.15, 0.2) is 5.78 Å². The van der Waals surface area contributed by atoms with E-state index in [2.05, 4.69) is 66.5 Å². The smallest absolute Gasteiger partial charge is 0.254 e. The largest absolute Gasteiger partial charge is 0.361 e. The van der Waals surface area contributed by atoms with Gasteiger partial charge in [0.25, 0.3) is 5.91 Å². The first-order chi connectivity index (χ1) is 19.8.